The molecule has 2 aromatic carbocycles. The Hall–Kier alpha value is -1.85. The maximum absolute atomic E-state index is 12.6. The molecule has 0 heterocycles. The number of rotatable bonds is 5. The number of carbonyl (C=O) groups excluding carboxylic acids is 1. The van der Waals surface area contributed by atoms with Gasteiger partial charge in [-0.25, -0.2) is 8.42 Å². The first-order valence-corrected chi connectivity index (χ1v) is 9.98. The van der Waals surface area contributed by atoms with Crippen molar-refractivity contribution in [2.24, 2.45) is 5.92 Å². The van der Waals surface area contributed by atoms with Crippen LogP contribution in [-0.2, 0) is 9.84 Å². The number of benzene rings is 2. The second-order valence-corrected chi connectivity index (χ2v) is 8.51. The summed E-state index contributed by atoms with van der Waals surface area (Å²) in [5, 5.41) is 3.15. The molecule has 0 aliphatic heterocycles. The van der Waals surface area contributed by atoms with Gasteiger partial charge in [0.15, 0.2) is 9.84 Å². The van der Waals surface area contributed by atoms with E-state index >= 15 is 0 Å². The van der Waals surface area contributed by atoms with E-state index in [0.717, 1.165) is 24.7 Å². The summed E-state index contributed by atoms with van der Waals surface area (Å²) in [6, 6.07) is 14.1. The number of halogens is 1. The number of hydrogen-bond acceptors (Lipinski definition) is 3. The Balaban J connectivity index is 1.86. The van der Waals surface area contributed by atoms with E-state index in [4.69, 9.17) is 11.6 Å². The van der Waals surface area contributed by atoms with E-state index in [9.17, 15) is 13.2 Å². The third-order valence-electron chi connectivity index (χ3n) is 4.13. The van der Waals surface area contributed by atoms with Crippen molar-refractivity contribution < 1.29 is 13.2 Å². The van der Waals surface area contributed by atoms with Crippen LogP contribution in [0.2, 0.25) is 5.02 Å². The van der Waals surface area contributed by atoms with Gasteiger partial charge in [-0.15, -0.1) is 0 Å². The van der Waals surface area contributed by atoms with Gasteiger partial charge in [0.25, 0.3) is 5.91 Å². The van der Waals surface area contributed by atoms with Crippen molar-refractivity contribution in [3.63, 3.8) is 0 Å². The standard InChI is InChI=1S/C18H18ClNO3S/c1-24(22,23)16-11-14(9-10-15(16)19)18(21)20-17(13-7-8-13)12-5-3-2-4-6-12/h2-6,9-11,13,17H,7-8H2,1H3,(H,20,21). The summed E-state index contributed by atoms with van der Waals surface area (Å²) in [5.74, 6) is 0.135. The van der Waals surface area contributed by atoms with Crippen LogP contribution < -0.4 is 5.32 Å². The fourth-order valence-corrected chi connectivity index (χ4v) is 4.02. The molecule has 6 heteroatoms. The van der Waals surface area contributed by atoms with Crippen LogP contribution >= 0.6 is 11.6 Å². The van der Waals surface area contributed by atoms with Crippen LogP contribution in [0.1, 0.15) is 34.8 Å². The Bertz CT molecular complexity index is 861. The predicted molar refractivity (Wildman–Crippen MR) is 93.9 cm³/mol. The molecule has 1 fully saturated rings. The monoisotopic (exact) mass is 363 g/mol. The molecule has 24 heavy (non-hydrogen) atoms. The van der Waals surface area contributed by atoms with Gasteiger partial charge in [-0.05, 0) is 42.5 Å². The average molecular weight is 364 g/mol. The van der Waals surface area contributed by atoms with Crippen molar-refractivity contribution in [2.45, 2.75) is 23.8 Å². The summed E-state index contributed by atoms with van der Waals surface area (Å²) in [6.07, 6.45) is 3.23. The van der Waals surface area contributed by atoms with Crippen molar-refractivity contribution in [3.05, 3.63) is 64.7 Å². The topological polar surface area (TPSA) is 63.2 Å². The number of sulfone groups is 1. The van der Waals surface area contributed by atoms with Gasteiger partial charge in [0.05, 0.1) is 16.0 Å². The van der Waals surface area contributed by atoms with E-state index < -0.39 is 9.84 Å². The zero-order valence-corrected chi connectivity index (χ0v) is 14.8. The zero-order chi connectivity index (χ0) is 17.3. The molecule has 1 amide bonds. The minimum absolute atomic E-state index is 0.0282. The molecule has 2 aromatic rings. The normalized spacial score (nSPS) is 15.8. The third kappa shape index (κ3) is 3.79. The van der Waals surface area contributed by atoms with E-state index in [1.54, 1.807) is 6.07 Å². The van der Waals surface area contributed by atoms with Crippen LogP contribution in [0.4, 0.5) is 0 Å². The minimum atomic E-state index is -3.49. The van der Waals surface area contributed by atoms with Gasteiger partial charge in [-0.1, -0.05) is 41.9 Å². The number of amides is 1. The first-order valence-electron chi connectivity index (χ1n) is 7.71. The highest BCUT2D eigenvalue weighted by atomic mass is 35.5. The molecule has 3 rings (SSSR count). The predicted octanol–water partition coefficient (Wildman–Crippen LogP) is 3.62. The highest BCUT2D eigenvalue weighted by molar-refractivity contribution is 7.90. The van der Waals surface area contributed by atoms with Gasteiger partial charge in [0.2, 0.25) is 0 Å². The van der Waals surface area contributed by atoms with Crippen molar-refractivity contribution in [1.82, 2.24) is 5.32 Å². The van der Waals surface area contributed by atoms with E-state index in [1.807, 2.05) is 30.3 Å². The summed E-state index contributed by atoms with van der Waals surface area (Å²) >= 11 is 5.94. The Morgan fingerprint density at radius 3 is 2.42 bits per heavy atom. The molecule has 4 nitrogen and oxygen atoms in total. The first-order chi connectivity index (χ1) is 11.4. The lowest BCUT2D eigenvalue weighted by Crippen LogP contribution is -2.30. The molecule has 126 valence electrons. The van der Waals surface area contributed by atoms with Crippen molar-refractivity contribution >= 4 is 27.3 Å². The maximum atomic E-state index is 12.6. The second-order valence-electron chi connectivity index (χ2n) is 6.12. The fourth-order valence-electron chi connectivity index (χ4n) is 2.72. The molecule has 0 aromatic heterocycles. The van der Waals surface area contributed by atoms with Crippen molar-refractivity contribution in [1.29, 1.82) is 0 Å². The molecule has 1 atom stereocenters. The van der Waals surface area contributed by atoms with E-state index in [2.05, 4.69) is 5.32 Å². The molecule has 1 unspecified atom stereocenters. The van der Waals surface area contributed by atoms with Crippen LogP contribution in [0.15, 0.2) is 53.4 Å². The SMILES string of the molecule is CS(=O)(=O)c1cc(C(=O)NC(c2ccccc2)C2CC2)ccc1Cl. The molecule has 1 N–H and O–H groups in total. The molecule has 0 spiro atoms. The molecule has 0 saturated heterocycles. The molecule has 0 bridgehead atoms. The van der Waals surface area contributed by atoms with E-state index in [1.165, 1.54) is 12.1 Å². The van der Waals surface area contributed by atoms with Gasteiger partial charge in [0, 0.05) is 11.8 Å². The molecular weight excluding hydrogens is 346 g/mol. The van der Waals surface area contributed by atoms with Crippen LogP contribution in [0.25, 0.3) is 0 Å². The van der Waals surface area contributed by atoms with Gasteiger partial charge in [-0.2, -0.15) is 0 Å². The fraction of sp³-hybridized carbons (Fsp3) is 0.278. The summed E-state index contributed by atoms with van der Waals surface area (Å²) in [7, 11) is -3.49. The minimum Gasteiger partial charge on any atom is -0.345 e. The van der Waals surface area contributed by atoms with Crippen LogP contribution in [0.5, 0.6) is 0 Å². The quantitative estimate of drug-likeness (QED) is 0.882. The Morgan fingerprint density at radius 2 is 1.83 bits per heavy atom. The molecule has 0 radical (unpaired) electrons. The van der Waals surface area contributed by atoms with Gasteiger partial charge < -0.3 is 5.32 Å². The van der Waals surface area contributed by atoms with Crippen LogP contribution in [0.3, 0.4) is 0 Å². The Labute approximate surface area is 146 Å². The number of carbonyl (C=O) groups is 1. The van der Waals surface area contributed by atoms with Crippen molar-refractivity contribution in [2.75, 3.05) is 6.26 Å². The largest absolute Gasteiger partial charge is 0.345 e. The highest BCUT2D eigenvalue weighted by Gasteiger charge is 2.33. The summed E-state index contributed by atoms with van der Waals surface area (Å²) < 4.78 is 23.5. The summed E-state index contributed by atoms with van der Waals surface area (Å²) in [5.41, 5.74) is 1.35. The lowest BCUT2D eigenvalue weighted by Gasteiger charge is -2.19. The maximum Gasteiger partial charge on any atom is 0.251 e. The number of nitrogens with one attached hydrogen (secondary N) is 1. The van der Waals surface area contributed by atoms with Gasteiger partial charge >= 0.3 is 0 Å². The first kappa shape index (κ1) is 17.0. The van der Waals surface area contributed by atoms with Crippen molar-refractivity contribution in [3.8, 4) is 0 Å². The molecule has 1 saturated carbocycles. The molecule has 1 aliphatic rings. The van der Waals surface area contributed by atoms with Crippen LogP contribution in [0, 0.1) is 5.92 Å². The molecular formula is C18H18ClNO3S. The lowest BCUT2D eigenvalue weighted by atomic mass is 10.0. The highest BCUT2D eigenvalue weighted by Crippen LogP contribution is 2.41. The van der Waals surface area contributed by atoms with Gasteiger partial charge in [-0.3, -0.25) is 4.79 Å². The molecule has 1 aliphatic carbocycles. The summed E-state index contributed by atoms with van der Waals surface area (Å²) in [4.78, 5) is 12.6. The average Bonchev–Trinajstić information content (AvgIpc) is 3.37. The van der Waals surface area contributed by atoms with Crippen LogP contribution in [-0.4, -0.2) is 20.6 Å². The van der Waals surface area contributed by atoms with Gasteiger partial charge in [0.1, 0.15) is 0 Å². The second kappa shape index (κ2) is 6.57. The smallest absolute Gasteiger partial charge is 0.251 e. The third-order valence-corrected chi connectivity index (χ3v) is 5.71. The summed E-state index contributed by atoms with van der Waals surface area (Å²) in [6.45, 7) is 0. The zero-order valence-electron chi connectivity index (χ0n) is 13.2. The Morgan fingerprint density at radius 1 is 1.17 bits per heavy atom. The van der Waals surface area contributed by atoms with E-state index in [0.29, 0.717) is 11.5 Å². The lowest BCUT2D eigenvalue weighted by molar-refractivity contribution is 0.0931. The Kier molecular flexibility index (Phi) is 4.65. The van der Waals surface area contributed by atoms with E-state index in [-0.39, 0.29) is 21.9 Å². The number of hydrogen-bond donors (Lipinski definition) is 1.